The molecule has 0 radical (unpaired) electrons. The van der Waals surface area contributed by atoms with Gasteiger partial charge in [0.1, 0.15) is 5.56 Å². The Hall–Kier alpha value is -3.26. The highest BCUT2D eigenvalue weighted by atomic mass is 32.1. The summed E-state index contributed by atoms with van der Waals surface area (Å²) in [5.74, 6) is -0.422. The number of fused-ring (bicyclic) bond motifs is 1. The molecule has 3 aromatic heterocycles. The summed E-state index contributed by atoms with van der Waals surface area (Å²) in [4.78, 5) is 46.3. The van der Waals surface area contributed by atoms with Crippen molar-refractivity contribution in [2.24, 2.45) is 0 Å². The topological polar surface area (TPSA) is 95.2 Å². The minimum Gasteiger partial charge on any atom is -0.338 e. The highest BCUT2D eigenvalue weighted by Gasteiger charge is 2.27. The number of thiophene rings is 1. The lowest BCUT2D eigenvalue weighted by molar-refractivity contribution is -0.131. The lowest BCUT2D eigenvalue weighted by Gasteiger charge is -2.29. The number of nitrogens with zero attached hydrogens (tertiary/aromatic N) is 2. The number of carbonyl (C=O) groups excluding carboxylic acids is 2. The van der Waals surface area contributed by atoms with Gasteiger partial charge in [-0.25, -0.2) is 0 Å². The smallest absolute Gasteiger partial charge is 0.261 e. The van der Waals surface area contributed by atoms with E-state index in [1.807, 2.05) is 23.8 Å². The fraction of sp³-hybridized carbons (Fsp3) is 0.238. The van der Waals surface area contributed by atoms with E-state index in [-0.39, 0.29) is 11.5 Å². The molecule has 148 valence electrons. The van der Waals surface area contributed by atoms with Gasteiger partial charge < -0.3 is 15.2 Å². The number of rotatable bonds is 4. The van der Waals surface area contributed by atoms with Gasteiger partial charge >= 0.3 is 0 Å². The lowest BCUT2D eigenvalue weighted by atomic mass is 9.96. The number of amides is 2. The van der Waals surface area contributed by atoms with Crippen LogP contribution in [0.25, 0.3) is 0 Å². The van der Waals surface area contributed by atoms with Crippen LogP contribution in [0.15, 0.2) is 46.3 Å². The molecule has 1 aliphatic rings. The average molecular weight is 408 g/mol. The molecular weight excluding hydrogens is 388 g/mol. The van der Waals surface area contributed by atoms with Gasteiger partial charge in [-0.2, -0.15) is 11.3 Å². The Morgan fingerprint density at radius 2 is 2.21 bits per heavy atom. The van der Waals surface area contributed by atoms with E-state index in [0.29, 0.717) is 37.2 Å². The summed E-state index contributed by atoms with van der Waals surface area (Å²) in [6, 6.07) is 3.73. The Balaban J connectivity index is 1.56. The van der Waals surface area contributed by atoms with Gasteiger partial charge in [-0.3, -0.25) is 19.4 Å². The van der Waals surface area contributed by atoms with Crippen molar-refractivity contribution in [3.05, 3.63) is 79.7 Å². The highest BCUT2D eigenvalue weighted by Crippen LogP contribution is 2.22. The molecule has 0 aromatic carbocycles. The maximum absolute atomic E-state index is 12.8. The highest BCUT2D eigenvalue weighted by molar-refractivity contribution is 7.08. The van der Waals surface area contributed by atoms with Crippen molar-refractivity contribution in [2.75, 3.05) is 11.9 Å². The molecule has 0 bridgehead atoms. The number of aromatic nitrogens is 2. The second-order valence-electron chi connectivity index (χ2n) is 7.01. The number of pyridine rings is 2. The van der Waals surface area contributed by atoms with E-state index in [2.05, 4.69) is 15.3 Å². The van der Waals surface area contributed by atoms with E-state index in [1.165, 1.54) is 0 Å². The van der Waals surface area contributed by atoms with Crippen LogP contribution in [-0.4, -0.2) is 33.2 Å². The van der Waals surface area contributed by atoms with E-state index in [1.54, 1.807) is 40.9 Å². The predicted molar refractivity (Wildman–Crippen MR) is 111 cm³/mol. The number of aromatic amines is 1. The van der Waals surface area contributed by atoms with Crippen LogP contribution in [0.2, 0.25) is 0 Å². The van der Waals surface area contributed by atoms with E-state index >= 15 is 0 Å². The molecule has 0 spiro atoms. The summed E-state index contributed by atoms with van der Waals surface area (Å²) < 4.78 is 0. The minimum atomic E-state index is -0.461. The summed E-state index contributed by atoms with van der Waals surface area (Å²) in [6.45, 7) is 2.71. The minimum absolute atomic E-state index is 0.0391. The van der Waals surface area contributed by atoms with Crippen molar-refractivity contribution in [3.8, 4) is 0 Å². The van der Waals surface area contributed by atoms with E-state index in [4.69, 9.17) is 0 Å². The summed E-state index contributed by atoms with van der Waals surface area (Å²) in [7, 11) is 0. The monoisotopic (exact) mass is 408 g/mol. The third kappa shape index (κ3) is 3.97. The Kier molecular flexibility index (Phi) is 5.26. The van der Waals surface area contributed by atoms with Crippen LogP contribution in [0, 0.1) is 6.92 Å². The number of hydrogen-bond acceptors (Lipinski definition) is 5. The summed E-state index contributed by atoms with van der Waals surface area (Å²) in [6.07, 6.45) is 5.62. The van der Waals surface area contributed by atoms with Crippen LogP contribution >= 0.6 is 11.3 Å². The Morgan fingerprint density at radius 3 is 2.97 bits per heavy atom. The van der Waals surface area contributed by atoms with Crippen LogP contribution in [0.5, 0.6) is 0 Å². The molecule has 2 N–H and O–H groups in total. The van der Waals surface area contributed by atoms with Crippen LogP contribution in [0.3, 0.4) is 0 Å². The van der Waals surface area contributed by atoms with Crippen molar-refractivity contribution in [3.63, 3.8) is 0 Å². The van der Waals surface area contributed by atoms with E-state index < -0.39 is 11.5 Å². The zero-order valence-corrected chi connectivity index (χ0v) is 16.7. The van der Waals surface area contributed by atoms with Crippen molar-refractivity contribution in [1.82, 2.24) is 14.9 Å². The first-order valence-corrected chi connectivity index (χ1v) is 10.2. The lowest BCUT2D eigenvalue weighted by Crippen LogP contribution is -2.39. The van der Waals surface area contributed by atoms with E-state index in [9.17, 15) is 14.4 Å². The van der Waals surface area contributed by atoms with Gasteiger partial charge in [0.25, 0.3) is 11.5 Å². The number of anilines is 1. The fourth-order valence-electron chi connectivity index (χ4n) is 3.48. The zero-order valence-electron chi connectivity index (χ0n) is 15.9. The van der Waals surface area contributed by atoms with Gasteiger partial charge in [0.15, 0.2) is 0 Å². The molecule has 0 atom stereocenters. The maximum atomic E-state index is 12.8. The van der Waals surface area contributed by atoms with Gasteiger partial charge in [-0.15, -0.1) is 0 Å². The molecule has 0 aliphatic carbocycles. The molecule has 0 fully saturated rings. The first-order valence-electron chi connectivity index (χ1n) is 9.27. The largest absolute Gasteiger partial charge is 0.338 e. The van der Waals surface area contributed by atoms with E-state index in [0.717, 1.165) is 16.7 Å². The van der Waals surface area contributed by atoms with Gasteiger partial charge in [-0.05, 0) is 58.5 Å². The number of carbonyl (C=O) groups is 2. The SMILES string of the molecule is Cc1ccncc1NC(=O)c1c2c(c[nH]c1=O)CN(C(=O)Cc1ccsc1)CC2. The molecule has 4 rings (SSSR count). The van der Waals surface area contributed by atoms with Crippen molar-refractivity contribution in [1.29, 1.82) is 0 Å². The Morgan fingerprint density at radius 1 is 1.34 bits per heavy atom. The van der Waals surface area contributed by atoms with Crippen LogP contribution in [0.4, 0.5) is 5.69 Å². The standard InChI is InChI=1S/C21H20N4O3S/c1-13-2-5-22-10-17(13)24-21(28)19-16-3-6-25(11-15(16)9-23-20(19)27)18(26)8-14-4-7-29-12-14/h2,4-5,7,9-10,12H,3,6,8,11H2,1H3,(H,23,27)(H,24,28). The first-order chi connectivity index (χ1) is 14.0. The predicted octanol–water partition coefficient (Wildman–Crippen LogP) is 2.52. The number of nitrogens with one attached hydrogen (secondary N) is 2. The van der Waals surface area contributed by atoms with Gasteiger partial charge in [0, 0.05) is 25.5 Å². The fourth-order valence-corrected chi connectivity index (χ4v) is 4.15. The average Bonchev–Trinajstić information content (AvgIpc) is 3.22. The third-order valence-corrected chi connectivity index (χ3v) is 5.82. The molecule has 2 amide bonds. The Labute approximate surface area is 171 Å². The molecule has 1 aliphatic heterocycles. The van der Waals surface area contributed by atoms with Crippen molar-refractivity contribution < 1.29 is 9.59 Å². The summed E-state index contributed by atoms with van der Waals surface area (Å²) in [5.41, 5.74) is 3.60. The Bertz CT molecular complexity index is 1120. The quantitative estimate of drug-likeness (QED) is 0.693. The molecule has 3 aromatic rings. The molecule has 29 heavy (non-hydrogen) atoms. The first kappa shape index (κ1) is 19.1. The van der Waals surface area contributed by atoms with Crippen LogP contribution in [0.1, 0.15) is 32.6 Å². The summed E-state index contributed by atoms with van der Waals surface area (Å²) in [5, 5.41) is 6.70. The number of hydrogen-bond donors (Lipinski definition) is 2. The van der Waals surface area contributed by atoms with Gasteiger partial charge in [0.05, 0.1) is 18.3 Å². The van der Waals surface area contributed by atoms with Crippen molar-refractivity contribution in [2.45, 2.75) is 26.3 Å². The number of aryl methyl sites for hydroxylation is 1. The molecule has 7 nitrogen and oxygen atoms in total. The van der Waals surface area contributed by atoms with Crippen molar-refractivity contribution >= 4 is 28.8 Å². The normalized spacial score (nSPS) is 13.1. The zero-order chi connectivity index (χ0) is 20.4. The molecule has 0 unspecified atom stereocenters. The van der Waals surface area contributed by atoms with Crippen LogP contribution < -0.4 is 10.9 Å². The summed E-state index contributed by atoms with van der Waals surface area (Å²) >= 11 is 1.57. The molecule has 8 heteroatoms. The third-order valence-electron chi connectivity index (χ3n) is 5.09. The molecule has 0 saturated carbocycles. The molecule has 4 heterocycles. The molecular formula is C21H20N4O3S. The maximum Gasteiger partial charge on any atom is 0.261 e. The number of H-pyrrole nitrogens is 1. The van der Waals surface area contributed by atoms with Gasteiger partial charge in [0.2, 0.25) is 5.91 Å². The van der Waals surface area contributed by atoms with Crippen LogP contribution in [-0.2, 0) is 24.2 Å². The second-order valence-corrected chi connectivity index (χ2v) is 7.80. The second kappa shape index (κ2) is 8.00. The van der Waals surface area contributed by atoms with Gasteiger partial charge in [-0.1, -0.05) is 0 Å². The molecule has 0 saturated heterocycles.